The zero-order valence-corrected chi connectivity index (χ0v) is 11.6. The summed E-state index contributed by atoms with van der Waals surface area (Å²) in [6.45, 7) is 5.14. The Morgan fingerprint density at radius 3 is 2.31 bits per heavy atom. The average molecular weight is 304 g/mol. The van der Waals surface area contributed by atoms with Crippen molar-refractivity contribution < 1.29 is 8.42 Å². The molecule has 1 aromatic rings. The lowest BCUT2D eigenvalue weighted by Gasteiger charge is -2.22. The van der Waals surface area contributed by atoms with Crippen molar-refractivity contribution in [3.8, 4) is 0 Å². The first-order valence-corrected chi connectivity index (χ1v) is 7.04. The summed E-state index contributed by atoms with van der Waals surface area (Å²) in [7, 11) is -1.82. The molecule has 1 aromatic carbocycles. The van der Waals surface area contributed by atoms with Crippen molar-refractivity contribution in [3.05, 3.63) is 46.3 Å². The van der Waals surface area contributed by atoms with E-state index in [2.05, 4.69) is 22.5 Å². The normalized spacial score (nSPS) is 13.8. The summed E-state index contributed by atoms with van der Waals surface area (Å²) in [5.74, 6) is 0. The van der Waals surface area contributed by atoms with Gasteiger partial charge >= 0.3 is 0 Å². The molecule has 0 saturated heterocycles. The van der Waals surface area contributed by atoms with Crippen LogP contribution < -0.4 is 0 Å². The van der Waals surface area contributed by atoms with Crippen LogP contribution >= 0.6 is 15.9 Å². The fourth-order valence-electron chi connectivity index (χ4n) is 1.29. The van der Waals surface area contributed by atoms with Crippen LogP contribution in [0, 0.1) is 0 Å². The quantitative estimate of drug-likeness (QED) is 0.857. The maximum Gasteiger partial charge on any atom is 0.235 e. The van der Waals surface area contributed by atoms with Gasteiger partial charge in [-0.3, -0.25) is 0 Å². The molecule has 0 spiro atoms. The fraction of sp³-hybridized carbons (Fsp3) is 0.273. The third kappa shape index (κ3) is 2.93. The number of hydrogen-bond donors (Lipinski definition) is 0. The van der Waals surface area contributed by atoms with E-state index < -0.39 is 10.0 Å². The monoisotopic (exact) mass is 303 g/mol. The van der Waals surface area contributed by atoms with E-state index in [4.69, 9.17) is 0 Å². The minimum Gasteiger partial charge on any atom is -0.208 e. The van der Waals surface area contributed by atoms with Crippen molar-refractivity contribution in [2.24, 2.45) is 0 Å². The van der Waals surface area contributed by atoms with Crippen molar-refractivity contribution in [2.45, 2.75) is 13.0 Å². The highest BCUT2D eigenvalue weighted by Gasteiger charge is 2.21. The minimum atomic E-state index is -3.37. The van der Waals surface area contributed by atoms with E-state index in [0.717, 1.165) is 15.4 Å². The topological polar surface area (TPSA) is 37.4 Å². The molecular formula is C11H14BrNO2S. The Kier molecular flexibility index (Phi) is 4.29. The fourth-order valence-corrected chi connectivity index (χ4v) is 2.35. The van der Waals surface area contributed by atoms with Crippen LogP contribution in [0.5, 0.6) is 0 Å². The number of nitrogens with zero attached hydrogens (tertiary/aromatic N) is 1. The van der Waals surface area contributed by atoms with Crippen LogP contribution in [0.1, 0.15) is 18.5 Å². The van der Waals surface area contributed by atoms with Crippen molar-refractivity contribution in [3.63, 3.8) is 0 Å². The van der Waals surface area contributed by atoms with E-state index >= 15 is 0 Å². The second-order valence-corrected chi connectivity index (χ2v) is 6.31. The molecule has 3 nitrogen and oxygen atoms in total. The molecular weight excluding hydrogens is 290 g/mol. The highest BCUT2D eigenvalue weighted by Crippen LogP contribution is 2.23. The smallest absolute Gasteiger partial charge is 0.208 e. The van der Waals surface area contributed by atoms with Gasteiger partial charge in [-0.15, -0.1) is 0 Å². The van der Waals surface area contributed by atoms with Gasteiger partial charge in [-0.05, 0) is 24.6 Å². The molecule has 0 radical (unpaired) electrons. The first-order chi connectivity index (χ1) is 7.38. The Bertz CT molecular complexity index is 467. The van der Waals surface area contributed by atoms with Gasteiger partial charge in [-0.2, -0.15) is 4.31 Å². The predicted molar refractivity (Wildman–Crippen MR) is 69.4 cm³/mol. The van der Waals surface area contributed by atoms with Crippen LogP contribution in [0.2, 0.25) is 0 Å². The van der Waals surface area contributed by atoms with Crippen molar-refractivity contribution in [1.29, 1.82) is 0 Å². The molecule has 0 aliphatic carbocycles. The van der Waals surface area contributed by atoms with Gasteiger partial charge in [0.15, 0.2) is 0 Å². The third-order valence-corrected chi connectivity index (χ3v) is 4.58. The Morgan fingerprint density at radius 2 is 1.88 bits per heavy atom. The maximum atomic E-state index is 11.6. The average Bonchev–Trinajstić information content (AvgIpc) is 2.28. The Labute approximate surface area is 105 Å². The van der Waals surface area contributed by atoms with Crippen LogP contribution in [0.3, 0.4) is 0 Å². The molecule has 0 bridgehead atoms. The van der Waals surface area contributed by atoms with Crippen molar-refractivity contribution in [1.82, 2.24) is 4.31 Å². The molecule has 0 aliphatic rings. The lowest BCUT2D eigenvalue weighted by atomic mass is 10.1. The summed E-state index contributed by atoms with van der Waals surface area (Å²) < 4.78 is 25.4. The molecule has 1 unspecified atom stereocenters. The highest BCUT2D eigenvalue weighted by atomic mass is 79.9. The summed E-state index contributed by atoms with van der Waals surface area (Å²) in [4.78, 5) is 0. The molecule has 88 valence electrons. The lowest BCUT2D eigenvalue weighted by molar-refractivity contribution is 0.404. The largest absolute Gasteiger partial charge is 0.235 e. The zero-order valence-electron chi connectivity index (χ0n) is 9.22. The standard InChI is InChI=1S/C11H14BrNO2S/c1-4-16(14,15)13(3)9(2)10-5-7-11(12)8-6-10/h4-9H,1H2,2-3H3. The molecule has 16 heavy (non-hydrogen) atoms. The van der Waals surface area contributed by atoms with Crippen LogP contribution in [-0.4, -0.2) is 19.8 Å². The van der Waals surface area contributed by atoms with Crippen LogP contribution in [-0.2, 0) is 10.0 Å². The Balaban J connectivity index is 2.99. The molecule has 1 atom stereocenters. The van der Waals surface area contributed by atoms with Gasteiger partial charge in [-0.25, -0.2) is 8.42 Å². The highest BCUT2D eigenvalue weighted by molar-refractivity contribution is 9.10. The summed E-state index contributed by atoms with van der Waals surface area (Å²) in [6, 6.07) is 7.35. The number of hydrogen-bond acceptors (Lipinski definition) is 2. The van der Waals surface area contributed by atoms with E-state index in [1.807, 2.05) is 31.2 Å². The van der Waals surface area contributed by atoms with Gasteiger partial charge in [0, 0.05) is 23.0 Å². The predicted octanol–water partition coefficient (Wildman–Crippen LogP) is 2.92. The van der Waals surface area contributed by atoms with Gasteiger partial charge in [-0.1, -0.05) is 34.6 Å². The lowest BCUT2D eigenvalue weighted by Crippen LogP contribution is -2.27. The van der Waals surface area contributed by atoms with Crippen molar-refractivity contribution in [2.75, 3.05) is 7.05 Å². The molecule has 0 N–H and O–H groups in total. The van der Waals surface area contributed by atoms with Gasteiger partial charge in [0.05, 0.1) is 0 Å². The second-order valence-electron chi connectivity index (χ2n) is 3.46. The van der Waals surface area contributed by atoms with Crippen LogP contribution in [0.25, 0.3) is 0 Å². The number of rotatable bonds is 4. The Morgan fingerprint density at radius 1 is 1.38 bits per heavy atom. The summed E-state index contributed by atoms with van der Waals surface area (Å²) in [5, 5.41) is 0.961. The molecule has 0 aliphatic heterocycles. The molecule has 0 heterocycles. The van der Waals surface area contributed by atoms with E-state index in [-0.39, 0.29) is 6.04 Å². The summed E-state index contributed by atoms with van der Waals surface area (Å²) in [6.07, 6.45) is 0. The zero-order chi connectivity index (χ0) is 12.3. The number of benzene rings is 1. The number of sulfonamides is 1. The van der Waals surface area contributed by atoms with E-state index in [0.29, 0.717) is 0 Å². The number of halogens is 1. The van der Waals surface area contributed by atoms with E-state index in [1.165, 1.54) is 4.31 Å². The van der Waals surface area contributed by atoms with Gasteiger partial charge in [0.25, 0.3) is 0 Å². The first kappa shape index (κ1) is 13.4. The summed E-state index contributed by atoms with van der Waals surface area (Å²) >= 11 is 3.34. The molecule has 1 rings (SSSR count). The second kappa shape index (κ2) is 5.12. The first-order valence-electron chi connectivity index (χ1n) is 4.74. The minimum absolute atomic E-state index is 0.212. The van der Waals surface area contributed by atoms with Crippen LogP contribution in [0.15, 0.2) is 40.7 Å². The molecule has 0 amide bonds. The van der Waals surface area contributed by atoms with E-state index in [9.17, 15) is 8.42 Å². The van der Waals surface area contributed by atoms with Gasteiger partial charge in [0.2, 0.25) is 10.0 Å². The third-order valence-electron chi connectivity index (χ3n) is 2.51. The molecule has 0 fully saturated rings. The molecule has 5 heteroatoms. The SMILES string of the molecule is C=CS(=O)(=O)N(C)C(C)c1ccc(Br)cc1. The van der Waals surface area contributed by atoms with Gasteiger partial charge in [0.1, 0.15) is 0 Å². The van der Waals surface area contributed by atoms with Gasteiger partial charge < -0.3 is 0 Å². The molecule has 0 saturated carbocycles. The van der Waals surface area contributed by atoms with Crippen LogP contribution in [0.4, 0.5) is 0 Å². The summed E-state index contributed by atoms with van der Waals surface area (Å²) in [5.41, 5.74) is 0.941. The van der Waals surface area contributed by atoms with Crippen molar-refractivity contribution >= 4 is 26.0 Å². The molecule has 0 aromatic heterocycles. The maximum absolute atomic E-state index is 11.6. The Hall–Kier alpha value is -0.650. The van der Waals surface area contributed by atoms with E-state index in [1.54, 1.807) is 7.05 Å².